The average Bonchev–Trinajstić information content (AvgIpc) is 3.27. The summed E-state index contributed by atoms with van der Waals surface area (Å²) < 4.78 is 18.7. The maximum Gasteiger partial charge on any atom is 0.123 e. The first-order valence-electron chi connectivity index (χ1n) is 8.19. The second-order valence-corrected chi connectivity index (χ2v) is 6.64. The molecule has 0 spiro atoms. The zero-order chi connectivity index (χ0) is 15.1. The molecule has 0 saturated heterocycles. The van der Waals surface area contributed by atoms with Crippen LogP contribution in [0.4, 0.5) is 4.39 Å². The van der Waals surface area contributed by atoms with E-state index in [-0.39, 0.29) is 5.82 Å². The summed E-state index contributed by atoms with van der Waals surface area (Å²) in [6.07, 6.45) is 4.68. The first-order chi connectivity index (χ1) is 10.1. The highest BCUT2D eigenvalue weighted by Gasteiger charge is 2.22. The van der Waals surface area contributed by atoms with E-state index in [1.165, 1.54) is 18.4 Å². The molecule has 1 aliphatic rings. The lowest BCUT2D eigenvalue weighted by Gasteiger charge is -2.18. The van der Waals surface area contributed by atoms with Gasteiger partial charge >= 0.3 is 0 Å². The van der Waals surface area contributed by atoms with Gasteiger partial charge in [0.1, 0.15) is 5.82 Å². The molecule has 1 N–H and O–H groups in total. The molecule has 1 saturated carbocycles. The van der Waals surface area contributed by atoms with Crippen molar-refractivity contribution < 1.29 is 9.13 Å². The molecular weight excluding hydrogens is 265 g/mol. The molecule has 1 aromatic rings. The molecule has 118 valence electrons. The third kappa shape index (κ3) is 7.05. The molecule has 2 rings (SSSR count). The van der Waals surface area contributed by atoms with Gasteiger partial charge in [-0.3, -0.25) is 0 Å². The Balaban J connectivity index is 1.77. The third-order valence-electron chi connectivity index (χ3n) is 3.83. The summed E-state index contributed by atoms with van der Waals surface area (Å²) in [5.41, 5.74) is 1.21. The van der Waals surface area contributed by atoms with Crippen LogP contribution in [-0.2, 0) is 11.2 Å². The van der Waals surface area contributed by atoms with E-state index >= 15 is 0 Å². The molecule has 0 heterocycles. The second kappa shape index (κ2) is 8.50. The van der Waals surface area contributed by atoms with E-state index < -0.39 is 0 Å². The van der Waals surface area contributed by atoms with Crippen LogP contribution in [0, 0.1) is 17.7 Å². The minimum absolute atomic E-state index is 0.160. The first kappa shape index (κ1) is 16.4. The van der Waals surface area contributed by atoms with Crippen LogP contribution in [0.25, 0.3) is 0 Å². The van der Waals surface area contributed by atoms with Gasteiger partial charge in [-0.15, -0.1) is 0 Å². The number of hydrogen-bond acceptors (Lipinski definition) is 2. The van der Waals surface area contributed by atoms with Gasteiger partial charge in [0.05, 0.1) is 0 Å². The van der Waals surface area contributed by atoms with Gasteiger partial charge in [-0.1, -0.05) is 26.0 Å². The van der Waals surface area contributed by atoms with E-state index in [1.807, 2.05) is 12.1 Å². The number of ether oxygens (including phenoxy) is 1. The van der Waals surface area contributed by atoms with Gasteiger partial charge in [-0.2, -0.15) is 0 Å². The van der Waals surface area contributed by atoms with E-state index in [0.29, 0.717) is 11.8 Å². The van der Waals surface area contributed by atoms with Crippen LogP contribution >= 0.6 is 0 Å². The van der Waals surface area contributed by atoms with Crippen LogP contribution in [0.1, 0.15) is 38.7 Å². The fourth-order valence-corrected chi connectivity index (χ4v) is 2.42. The Hall–Kier alpha value is -0.930. The standard InChI is InChI=1S/C18H28FNO/c1-14(2)13-21-10-9-16(12-20-18-7-8-18)11-15-3-5-17(19)6-4-15/h3-6,14,16,18,20H,7-13H2,1-2H3. The van der Waals surface area contributed by atoms with Crippen molar-refractivity contribution in [2.45, 2.75) is 45.6 Å². The van der Waals surface area contributed by atoms with Crippen molar-refractivity contribution >= 4 is 0 Å². The van der Waals surface area contributed by atoms with Crippen LogP contribution in [0.15, 0.2) is 24.3 Å². The Morgan fingerprint density at radius 2 is 1.95 bits per heavy atom. The monoisotopic (exact) mass is 293 g/mol. The smallest absolute Gasteiger partial charge is 0.123 e. The van der Waals surface area contributed by atoms with Gasteiger partial charge in [0.2, 0.25) is 0 Å². The molecule has 1 fully saturated rings. The van der Waals surface area contributed by atoms with Gasteiger partial charge in [-0.05, 0) is 61.8 Å². The summed E-state index contributed by atoms with van der Waals surface area (Å²) in [5, 5.41) is 3.61. The van der Waals surface area contributed by atoms with Gasteiger partial charge in [0.25, 0.3) is 0 Å². The fraction of sp³-hybridized carbons (Fsp3) is 0.667. The molecule has 0 aliphatic heterocycles. The normalized spacial score (nSPS) is 16.4. The topological polar surface area (TPSA) is 21.3 Å². The van der Waals surface area contributed by atoms with Crippen molar-refractivity contribution in [1.82, 2.24) is 5.32 Å². The van der Waals surface area contributed by atoms with Gasteiger partial charge in [0.15, 0.2) is 0 Å². The molecule has 0 aromatic heterocycles. The number of rotatable bonds is 10. The summed E-state index contributed by atoms with van der Waals surface area (Å²) in [6.45, 7) is 7.03. The predicted molar refractivity (Wildman–Crippen MR) is 84.9 cm³/mol. The van der Waals surface area contributed by atoms with Crippen LogP contribution in [0.2, 0.25) is 0 Å². The summed E-state index contributed by atoms with van der Waals surface area (Å²) in [5.74, 6) is 0.986. The zero-order valence-corrected chi connectivity index (χ0v) is 13.3. The molecule has 1 unspecified atom stereocenters. The van der Waals surface area contributed by atoms with Crippen molar-refractivity contribution in [3.05, 3.63) is 35.6 Å². The third-order valence-corrected chi connectivity index (χ3v) is 3.83. The quantitative estimate of drug-likeness (QED) is 0.663. The SMILES string of the molecule is CC(C)COCCC(CNC1CC1)Cc1ccc(F)cc1. The molecular formula is C18H28FNO. The molecule has 2 nitrogen and oxygen atoms in total. The van der Waals surface area contributed by atoms with Gasteiger partial charge in [0, 0.05) is 19.3 Å². The van der Waals surface area contributed by atoms with Crippen LogP contribution < -0.4 is 5.32 Å². The van der Waals surface area contributed by atoms with E-state index in [0.717, 1.165) is 38.6 Å². The van der Waals surface area contributed by atoms with E-state index in [1.54, 1.807) is 12.1 Å². The molecule has 21 heavy (non-hydrogen) atoms. The minimum atomic E-state index is -0.160. The van der Waals surface area contributed by atoms with Crippen LogP contribution in [0.5, 0.6) is 0 Å². The lowest BCUT2D eigenvalue weighted by molar-refractivity contribution is 0.0975. The fourth-order valence-electron chi connectivity index (χ4n) is 2.42. The van der Waals surface area contributed by atoms with Crippen molar-refractivity contribution in [2.75, 3.05) is 19.8 Å². The van der Waals surface area contributed by atoms with E-state index in [4.69, 9.17) is 4.74 Å². The highest BCUT2D eigenvalue weighted by atomic mass is 19.1. The minimum Gasteiger partial charge on any atom is -0.381 e. The largest absolute Gasteiger partial charge is 0.381 e. The summed E-state index contributed by atoms with van der Waals surface area (Å²) in [6, 6.07) is 7.63. The Bertz CT molecular complexity index is 400. The Morgan fingerprint density at radius 1 is 1.24 bits per heavy atom. The predicted octanol–water partition coefficient (Wildman–Crippen LogP) is 3.80. The van der Waals surface area contributed by atoms with E-state index in [2.05, 4.69) is 19.2 Å². The van der Waals surface area contributed by atoms with Crippen molar-refractivity contribution in [2.24, 2.45) is 11.8 Å². The van der Waals surface area contributed by atoms with Crippen LogP contribution in [-0.4, -0.2) is 25.8 Å². The highest BCUT2D eigenvalue weighted by molar-refractivity contribution is 5.16. The lowest BCUT2D eigenvalue weighted by atomic mass is 9.96. The Labute approximate surface area is 128 Å². The van der Waals surface area contributed by atoms with Gasteiger partial charge in [-0.25, -0.2) is 4.39 Å². The van der Waals surface area contributed by atoms with Crippen molar-refractivity contribution in [3.63, 3.8) is 0 Å². The zero-order valence-electron chi connectivity index (χ0n) is 13.3. The van der Waals surface area contributed by atoms with Crippen LogP contribution in [0.3, 0.4) is 0 Å². The van der Waals surface area contributed by atoms with Gasteiger partial charge < -0.3 is 10.1 Å². The first-order valence-corrected chi connectivity index (χ1v) is 8.19. The number of benzene rings is 1. The molecule has 1 aromatic carbocycles. The molecule has 0 radical (unpaired) electrons. The summed E-state index contributed by atoms with van der Waals surface area (Å²) >= 11 is 0. The lowest BCUT2D eigenvalue weighted by Crippen LogP contribution is -2.27. The molecule has 1 atom stereocenters. The molecule has 1 aliphatic carbocycles. The molecule has 0 amide bonds. The highest BCUT2D eigenvalue weighted by Crippen LogP contribution is 2.20. The Morgan fingerprint density at radius 3 is 2.57 bits per heavy atom. The number of halogens is 1. The number of hydrogen-bond donors (Lipinski definition) is 1. The maximum atomic E-state index is 13.0. The second-order valence-electron chi connectivity index (χ2n) is 6.64. The maximum absolute atomic E-state index is 13.0. The molecule has 0 bridgehead atoms. The van der Waals surface area contributed by atoms with E-state index in [9.17, 15) is 4.39 Å². The molecule has 3 heteroatoms. The summed E-state index contributed by atoms with van der Waals surface area (Å²) in [7, 11) is 0. The Kier molecular flexibility index (Phi) is 6.65. The van der Waals surface area contributed by atoms with Crippen molar-refractivity contribution in [1.29, 1.82) is 0 Å². The summed E-state index contributed by atoms with van der Waals surface area (Å²) in [4.78, 5) is 0. The average molecular weight is 293 g/mol. The number of nitrogens with one attached hydrogen (secondary N) is 1. The van der Waals surface area contributed by atoms with Crippen molar-refractivity contribution in [3.8, 4) is 0 Å².